The predicted octanol–water partition coefficient (Wildman–Crippen LogP) is 6.86. The third kappa shape index (κ3) is 14.5. The molecule has 17 heteroatoms. The summed E-state index contributed by atoms with van der Waals surface area (Å²) in [5, 5.41) is 36.2. The Morgan fingerprint density at radius 1 is 0.831 bits per heavy atom. The molecular formula is C42H48F3N9O5. The van der Waals surface area contributed by atoms with Gasteiger partial charge in [0.15, 0.2) is 6.10 Å². The zero-order valence-electron chi connectivity index (χ0n) is 33.6. The summed E-state index contributed by atoms with van der Waals surface area (Å²) in [5.74, 6) is -3.38. The van der Waals surface area contributed by atoms with Gasteiger partial charge in [-0.3, -0.25) is 9.59 Å². The van der Waals surface area contributed by atoms with Gasteiger partial charge in [0, 0.05) is 47.1 Å². The summed E-state index contributed by atoms with van der Waals surface area (Å²) in [5.41, 5.74) is 1.83. The van der Waals surface area contributed by atoms with Crippen molar-refractivity contribution in [1.82, 2.24) is 25.3 Å². The Hall–Kier alpha value is -6.30. The topological polar surface area (TPSA) is 216 Å². The fourth-order valence-corrected chi connectivity index (χ4v) is 5.15. The normalized spacial score (nSPS) is 13.5. The minimum absolute atomic E-state index is 0.0172. The second kappa shape index (κ2) is 22.0. The van der Waals surface area contributed by atoms with Crippen molar-refractivity contribution >= 4 is 30.2 Å². The molecule has 1 unspecified atom stereocenters. The first-order chi connectivity index (χ1) is 28.2. The van der Waals surface area contributed by atoms with Gasteiger partial charge in [-0.05, 0) is 89.4 Å². The SMILES string of the molecule is C=O.CC.CC(C)(C)NCCC(Oc1ccc(-c2cc(NC(=O)C3CC3)ncn2)cc1C#N)C(F)(F)CO.N#Cc1cc(-c2cc(NC(=O)C3CC3)ncn2)ccc1F. The number of nitrogens with one attached hydrogen (secondary N) is 3. The van der Waals surface area contributed by atoms with Crippen LogP contribution >= 0.6 is 0 Å². The fourth-order valence-electron chi connectivity index (χ4n) is 5.15. The molecule has 0 saturated heterocycles. The van der Waals surface area contributed by atoms with Crippen LogP contribution in [0.3, 0.4) is 0 Å². The third-order valence-electron chi connectivity index (χ3n) is 8.52. The van der Waals surface area contributed by atoms with Crippen molar-refractivity contribution in [2.24, 2.45) is 11.8 Å². The molecule has 0 spiro atoms. The smallest absolute Gasteiger partial charge is 0.306 e. The molecule has 2 heterocycles. The number of halogens is 3. The molecule has 2 aromatic heterocycles. The lowest BCUT2D eigenvalue weighted by molar-refractivity contribution is -0.128. The van der Waals surface area contributed by atoms with Gasteiger partial charge in [-0.2, -0.15) is 19.3 Å². The van der Waals surface area contributed by atoms with Crippen LogP contribution in [0.25, 0.3) is 22.5 Å². The highest BCUT2D eigenvalue weighted by atomic mass is 19.3. The molecule has 2 fully saturated rings. The molecular weight excluding hydrogens is 768 g/mol. The molecule has 4 aromatic rings. The average molecular weight is 816 g/mol. The summed E-state index contributed by atoms with van der Waals surface area (Å²) in [6, 6.07) is 15.6. The Bertz CT molecular complexity index is 2130. The van der Waals surface area contributed by atoms with Gasteiger partial charge < -0.3 is 30.6 Å². The van der Waals surface area contributed by atoms with Gasteiger partial charge >= 0.3 is 5.92 Å². The minimum atomic E-state index is -3.49. The van der Waals surface area contributed by atoms with Gasteiger partial charge in [0.05, 0.1) is 22.5 Å². The van der Waals surface area contributed by atoms with Crippen LogP contribution in [-0.2, 0) is 14.4 Å². The summed E-state index contributed by atoms with van der Waals surface area (Å²) < 4.78 is 47.6. The number of hydrogen-bond acceptors (Lipinski definition) is 12. The first-order valence-electron chi connectivity index (χ1n) is 18.9. The lowest BCUT2D eigenvalue weighted by Crippen LogP contribution is -2.45. The number of alkyl halides is 2. The van der Waals surface area contributed by atoms with Crippen molar-refractivity contribution in [2.75, 3.05) is 23.8 Å². The van der Waals surface area contributed by atoms with Crippen LogP contribution in [0, 0.1) is 40.3 Å². The van der Waals surface area contributed by atoms with Crippen molar-refractivity contribution in [3.8, 4) is 40.4 Å². The lowest BCUT2D eigenvalue weighted by Gasteiger charge is -2.28. The van der Waals surface area contributed by atoms with Crippen LogP contribution in [-0.4, -0.2) is 74.4 Å². The number of carbonyl (C=O) groups excluding carboxylic acids is 3. The molecule has 59 heavy (non-hydrogen) atoms. The van der Waals surface area contributed by atoms with Crippen molar-refractivity contribution in [2.45, 2.75) is 84.3 Å². The van der Waals surface area contributed by atoms with E-state index in [2.05, 4.69) is 35.9 Å². The van der Waals surface area contributed by atoms with E-state index in [-0.39, 0.29) is 59.0 Å². The van der Waals surface area contributed by atoms with Crippen LogP contribution < -0.4 is 20.7 Å². The molecule has 6 rings (SSSR count). The number of amides is 2. The molecule has 0 aliphatic heterocycles. The van der Waals surface area contributed by atoms with Gasteiger partial charge in [0.25, 0.3) is 0 Å². The molecule has 2 aliphatic carbocycles. The molecule has 0 bridgehead atoms. The van der Waals surface area contributed by atoms with E-state index in [1.807, 2.05) is 47.5 Å². The molecule has 2 amide bonds. The third-order valence-corrected chi connectivity index (χ3v) is 8.52. The average Bonchev–Trinajstić information content (AvgIpc) is 4.17. The standard InChI is InChI=1S/C24H29F2N5O3.C15H11FN4O.C2H6.CH2O/c1-23(2,3)30-9-8-20(24(25,26)13-32)34-19-7-6-16(10-17(19)12-27)18-11-21(29-14-28-18)31-22(33)15-4-5-15;16-12-4-3-10(5-11(12)7-17)13-6-14(19-8-18-13)20-15(21)9-1-2-9;2*1-2/h6-7,10-11,14-15,20,30,32H,4-5,8-9,13H2,1-3H3,(H,28,29,31,33);3-6,8-9H,1-2H2,(H,18,19,20,21);1-2H3;1H2. The van der Waals surface area contributed by atoms with Crippen molar-refractivity contribution in [3.05, 3.63) is 78.1 Å². The van der Waals surface area contributed by atoms with E-state index < -0.39 is 24.5 Å². The summed E-state index contributed by atoms with van der Waals surface area (Å²) in [4.78, 5) is 48.0. The molecule has 2 aromatic carbocycles. The summed E-state index contributed by atoms with van der Waals surface area (Å²) in [7, 11) is 0. The largest absolute Gasteiger partial charge is 0.483 e. The van der Waals surface area contributed by atoms with Crippen LogP contribution in [0.15, 0.2) is 61.2 Å². The van der Waals surface area contributed by atoms with E-state index in [1.165, 1.54) is 43.0 Å². The van der Waals surface area contributed by atoms with Gasteiger partial charge in [-0.1, -0.05) is 13.8 Å². The quantitative estimate of drug-likeness (QED) is 0.109. The first kappa shape index (κ1) is 47.1. The summed E-state index contributed by atoms with van der Waals surface area (Å²) >= 11 is 0. The number of aliphatic hydroxyl groups is 1. The monoisotopic (exact) mass is 815 g/mol. The zero-order valence-corrected chi connectivity index (χ0v) is 33.6. The number of benzene rings is 2. The summed E-state index contributed by atoms with van der Waals surface area (Å²) in [6.07, 6.45) is 4.46. The number of rotatable bonds is 13. The maximum Gasteiger partial charge on any atom is 0.306 e. The molecule has 0 radical (unpaired) electrons. The Kier molecular flexibility index (Phi) is 17.6. The van der Waals surface area contributed by atoms with Crippen molar-refractivity contribution in [3.63, 3.8) is 0 Å². The van der Waals surface area contributed by atoms with Crippen LogP contribution in [0.5, 0.6) is 5.75 Å². The Morgan fingerprint density at radius 3 is 1.75 bits per heavy atom. The number of carbonyl (C=O) groups is 3. The number of aliphatic hydroxyl groups excluding tert-OH is 1. The Balaban J connectivity index is 0.000000317. The highest BCUT2D eigenvalue weighted by Crippen LogP contribution is 2.33. The highest BCUT2D eigenvalue weighted by molar-refractivity contribution is 5.94. The zero-order chi connectivity index (χ0) is 43.8. The first-order valence-corrected chi connectivity index (χ1v) is 18.9. The number of nitriles is 2. The Labute approximate surface area is 341 Å². The molecule has 312 valence electrons. The van der Waals surface area contributed by atoms with E-state index in [1.54, 1.807) is 24.3 Å². The van der Waals surface area contributed by atoms with E-state index in [4.69, 9.17) is 14.8 Å². The van der Waals surface area contributed by atoms with Crippen molar-refractivity contribution < 1.29 is 37.4 Å². The van der Waals surface area contributed by atoms with Crippen molar-refractivity contribution in [1.29, 1.82) is 10.5 Å². The van der Waals surface area contributed by atoms with Gasteiger partial charge in [0.2, 0.25) is 11.8 Å². The number of hydrogen-bond donors (Lipinski definition) is 4. The van der Waals surface area contributed by atoms with E-state index in [0.29, 0.717) is 34.2 Å². The van der Waals surface area contributed by atoms with Gasteiger partial charge in [-0.15, -0.1) is 0 Å². The van der Waals surface area contributed by atoms with E-state index in [0.717, 1.165) is 25.7 Å². The molecule has 1 atom stereocenters. The second-order valence-electron chi connectivity index (χ2n) is 14.2. The molecule has 2 aliphatic rings. The maximum atomic E-state index is 14.4. The minimum Gasteiger partial charge on any atom is -0.483 e. The molecule has 14 nitrogen and oxygen atoms in total. The van der Waals surface area contributed by atoms with Gasteiger partial charge in [0.1, 0.15) is 61.4 Å². The second-order valence-corrected chi connectivity index (χ2v) is 14.2. The molecule has 4 N–H and O–H groups in total. The summed E-state index contributed by atoms with van der Waals surface area (Å²) in [6.45, 7) is 10.6. The number of anilines is 2. The maximum absolute atomic E-state index is 14.4. The number of nitrogens with zero attached hydrogens (tertiary/aromatic N) is 6. The fraction of sp³-hybridized carbons (Fsp3) is 0.405. The highest BCUT2D eigenvalue weighted by Gasteiger charge is 2.41. The van der Waals surface area contributed by atoms with Crippen LogP contribution in [0.2, 0.25) is 0 Å². The lowest BCUT2D eigenvalue weighted by atomic mass is 10.1. The Morgan fingerprint density at radius 2 is 1.31 bits per heavy atom. The van der Waals surface area contributed by atoms with E-state index in [9.17, 15) is 33.1 Å². The van der Waals surface area contributed by atoms with E-state index >= 15 is 0 Å². The van der Waals surface area contributed by atoms with Crippen LogP contribution in [0.1, 0.15) is 77.8 Å². The number of ether oxygens (including phenoxy) is 1. The van der Waals surface area contributed by atoms with Gasteiger partial charge in [-0.25, -0.2) is 24.3 Å². The molecule has 2 saturated carbocycles. The van der Waals surface area contributed by atoms with Crippen LogP contribution in [0.4, 0.5) is 24.8 Å². The predicted molar refractivity (Wildman–Crippen MR) is 214 cm³/mol. The number of aromatic nitrogens is 4.